The van der Waals surface area contributed by atoms with Crippen LogP contribution in [0.2, 0.25) is 0 Å². The molecule has 0 bridgehead atoms. The van der Waals surface area contributed by atoms with Gasteiger partial charge in [0.15, 0.2) is 18.0 Å². The third-order valence-electron chi connectivity index (χ3n) is 10.7. The Morgan fingerprint density at radius 3 is 2.53 bits per heavy atom. The SMILES string of the molecule is CCOC(=O)O[C@]1(C(=O)COC(=O)c2ccc(CCO[N+](=O)[O-])cc2)CC[C@H]2[C@@H]3CCC4=CC(=O)C=C[C@]4(C)[C@H]3[C@@H](O)C[C@@]21C. The fourth-order valence-corrected chi connectivity index (χ4v) is 8.66. The Bertz CT molecular complexity index is 1430. The number of hydrogen-bond acceptors (Lipinski definition) is 11. The highest BCUT2D eigenvalue weighted by atomic mass is 16.9. The highest BCUT2D eigenvalue weighted by Gasteiger charge is 2.70. The molecule has 242 valence electrons. The van der Waals surface area contributed by atoms with Gasteiger partial charge in [-0.25, -0.2) is 9.59 Å². The zero-order chi connectivity index (χ0) is 32.6. The maximum atomic E-state index is 14.1. The molecule has 45 heavy (non-hydrogen) atoms. The van der Waals surface area contributed by atoms with Gasteiger partial charge in [-0.05, 0) is 87.1 Å². The quantitative estimate of drug-likeness (QED) is 0.223. The van der Waals surface area contributed by atoms with E-state index in [4.69, 9.17) is 14.2 Å². The van der Waals surface area contributed by atoms with Gasteiger partial charge in [0.1, 0.15) is 6.61 Å². The van der Waals surface area contributed by atoms with Crippen LogP contribution in [-0.2, 0) is 35.1 Å². The Balaban J connectivity index is 1.36. The number of allylic oxidation sites excluding steroid dienone is 4. The van der Waals surface area contributed by atoms with Crippen molar-refractivity contribution in [2.24, 2.45) is 28.6 Å². The monoisotopic (exact) mass is 625 g/mol. The minimum atomic E-state index is -1.69. The highest BCUT2D eigenvalue weighted by Crippen LogP contribution is 2.68. The van der Waals surface area contributed by atoms with Crippen LogP contribution in [-0.4, -0.2) is 65.4 Å². The fraction of sp³-hybridized carbons (Fsp3) is 0.576. The summed E-state index contributed by atoms with van der Waals surface area (Å²) in [6.07, 6.45) is 5.88. The van der Waals surface area contributed by atoms with Crippen LogP contribution >= 0.6 is 0 Å². The number of fused-ring (bicyclic) bond motifs is 5. The summed E-state index contributed by atoms with van der Waals surface area (Å²) in [6.45, 7) is 4.81. The molecule has 3 saturated carbocycles. The van der Waals surface area contributed by atoms with Gasteiger partial charge in [-0.2, -0.15) is 0 Å². The van der Waals surface area contributed by atoms with E-state index in [2.05, 4.69) is 11.8 Å². The summed E-state index contributed by atoms with van der Waals surface area (Å²) < 4.78 is 16.4. The second-order valence-electron chi connectivity index (χ2n) is 12.9. The maximum Gasteiger partial charge on any atom is 0.509 e. The molecule has 0 heterocycles. The number of benzene rings is 1. The van der Waals surface area contributed by atoms with Gasteiger partial charge in [0.05, 0.1) is 18.3 Å². The van der Waals surface area contributed by atoms with Crippen molar-refractivity contribution >= 4 is 23.7 Å². The third-order valence-corrected chi connectivity index (χ3v) is 10.7. The lowest BCUT2D eigenvalue weighted by Crippen LogP contribution is -2.63. The number of carbonyl (C=O) groups excluding carboxylic acids is 4. The maximum absolute atomic E-state index is 14.1. The molecule has 0 radical (unpaired) electrons. The Morgan fingerprint density at radius 2 is 1.84 bits per heavy atom. The molecule has 12 nitrogen and oxygen atoms in total. The lowest BCUT2D eigenvalue weighted by atomic mass is 9.46. The summed E-state index contributed by atoms with van der Waals surface area (Å²) in [5, 5.41) is 21.2. The van der Waals surface area contributed by atoms with Gasteiger partial charge in [0.25, 0.3) is 5.09 Å². The number of aliphatic hydroxyl groups excluding tert-OH is 1. The van der Waals surface area contributed by atoms with Gasteiger partial charge in [-0.3, -0.25) is 9.59 Å². The summed E-state index contributed by atoms with van der Waals surface area (Å²) in [5.41, 5.74) is -1.27. The zero-order valence-electron chi connectivity index (χ0n) is 25.7. The molecular formula is C33H39NO11. The average molecular weight is 626 g/mol. The first-order valence-corrected chi connectivity index (χ1v) is 15.4. The Kier molecular flexibility index (Phi) is 8.90. The predicted octanol–water partition coefficient (Wildman–Crippen LogP) is 4.35. The van der Waals surface area contributed by atoms with Gasteiger partial charge in [-0.1, -0.05) is 37.6 Å². The lowest BCUT2D eigenvalue weighted by Gasteiger charge is -2.59. The number of Topliss-reactive ketones (excluding diaryl/α,β-unsaturated/α-hetero) is 1. The van der Waals surface area contributed by atoms with Gasteiger partial charge < -0.3 is 24.2 Å². The Morgan fingerprint density at radius 1 is 1.11 bits per heavy atom. The van der Waals surface area contributed by atoms with Crippen molar-refractivity contribution in [3.8, 4) is 0 Å². The van der Waals surface area contributed by atoms with Crippen LogP contribution in [0.4, 0.5) is 4.79 Å². The topological polar surface area (TPSA) is 169 Å². The summed E-state index contributed by atoms with van der Waals surface area (Å²) in [7, 11) is 0. The van der Waals surface area contributed by atoms with Crippen LogP contribution < -0.4 is 0 Å². The third kappa shape index (κ3) is 5.76. The minimum Gasteiger partial charge on any atom is -0.454 e. The number of ether oxygens (including phenoxy) is 3. The van der Waals surface area contributed by atoms with E-state index in [0.29, 0.717) is 18.4 Å². The van der Waals surface area contributed by atoms with Crippen LogP contribution in [0.15, 0.2) is 48.1 Å². The van der Waals surface area contributed by atoms with Crippen molar-refractivity contribution < 1.29 is 48.4 Å². The van der Waals surface area contributed by atoms with Gasteiger partial charge >= 0.3 is 12.1 Å². The average Bonchev–Trinajstić information content (AvgIpc) is 3.28. The van der Waals surface area contributed by atoms with E-state index in [0.717, 1.165) is 12.0 Å². The largest absolute Gasteiger partial charge is 0.509 e. The van der Waals surface area contributed by atoms with Gasteiger partial charge in [0.2, 0.25) is 5.78 Å². The molecule has 5 rings (SSSR count). The molecule has 3 fully saturated rings. The number of esters is 1. The van der Waals surface area contributed by atoms with E-state index in [1.165, 1.54) is 12.1 Å². The molecule has 1 aromatic rings. The van der Waals surface area contributed by atoms with Crippen LogP contribution in [0.1, 0.15) is 68.8 Å². The summed E-state index contributed by atoms with van der Waals surface area (Å²) in [6, 6.07) is 6.20. The first-order valence-electron chi connectivity index (χ1n) is 15.4. The smallest absolute Gasteiger partial charge is 0.454 e. The molecule has 0 unspecified atom stereocenters. The molecule has 1 N–H and O–H groups in total. The van der Waals surface area contributed by atoms with Gasteiger partial charge in [0, 0.05) is 16.7 Å². The Hall–Kier alpha value is -4.06. The van der Waals surface area contributed by atoms with E-state index < -0.39 is 52.1 Å². The molecule has 0 spiro atoms. The van der Waals surface area contributed by atoms with Crippen molar-refractivity contribution in [1.29, 1.82) is 0 Å². The van der Waals surface area contributed by atoms with Crippen molar-refractivity contribution in [2.45, 2.75) is 71.0 Å². The predicted molar refractivity (Wildman–Crippen MR) is 157 cm³/mol. The van der Waals surface area contributed by atoms with E-state index in [1.807, 2.05) is 13.0 Å². The van der Waals surface area contributed by atoms with Crippen LogP contribution in [0.3, 0.4) is 0 Å². The molecule has 0 aliphatic heterocycles. The highest BCUT2D eigenvalue weighted by molar-refractivity contribution is 6.01. The summed E-state index contributed by atoms with van der Waals surface area (Å²) in [5.74, 6) is -1.67. The number of nitrogens with zero attached hydrogens (tertiary/aromatic N) is 1. The van der Waals surface area contributed by atoms with E-state index in [9.17, 15) is 34.4 Å². The first-order chi connectivity index (χ1) is 21.3. The number of aliphatic hydroxyl groups is 1. The standard InChI is InChI=1S/C33H39NO11/c1-4-42-30(39)45-33(27(37)19-43-29(38)21-7-5-20(6-8-21)13-16-44-34(40)41)15-12-25-24-10-9-22-17-23(35)11-14-31(22,2)28(24)26(36)18-32(25,33)3/h5-8,11,14,17,24-26,28,36H,4,9-10,12-13,15-16,18-19H2,1-3H3/t24-,25-,26-,28+,31-,32-,33-/m0/s1. The molecule has 1 aromatic carbocycles. The molecular weight excluding hydrogens is 586 g/mol. The van der Waals surface area contributed by atoms with Crippen LogP contribution in [0.25, 0.3) is 0 Å². The molecule has 4 aliphatic carbocycles. The first kappa shape index (κ1) is 32.3. The molecule has 0 amide bonds. The summed E-state index contributed by atoms with van der Waals surface area (Å²) >= 11 is 0. The molecule has 7 atom stereocenters. The second kappa shape index (κ2) is 12.4. The van der Waals surface area contributed by atoms with Crippen molar-refractivity contribution in [3.05, 3.63) is 69.3 Å². The Labute approximate surface area is 260 Å². The van der Waals surface area contributed by atoms with Crippen molar-refractivity contribution in [2.75, 3.05) is 19.8 Å². The van der Waals surface area contributed by atoms with Crippen molar-refractivity contribution in [3.63, 3.8) is 0 Å². The number of carbonyl (C=O) groups is 4. The van der Waals surface area contributed by atoms with Crippen molar-refractivity contribution in [1.82, 2.24) is 0 Å². The lowest BCUT2D eigenvalue weighted by molar-refractivity contribution is -0.757. The summed E-state index contributed by atoms with van der Waals surface area (Å²) in [4.78, 5) is 66.6. The van der Waals surface area contributed by atoms with E-state index in [-0.39, 0.29) is 61.6 Å². The van der Waals surface area contributed by atoms with E-state index >= 15 is 0 Å². The minimum absolute atomic E-state index is 0.00366. The normalized spacial score (nSPS) is 33.2. The number of ketones is 2. The second-order valence-corrected chi connectivity index (χ2v) is 12.9. The van der Waals surface area contributed by atoms with Gasteiger partial charge in [-0.15, -0.1) is 10.1 Å². The fourth-order valence-electron chi connectivity index (χ4n) is 8.66. The van der Waals surface area contributed by atoms with E-state index in [1.54, 1.807) is 31.2 Å². The molecule has 12 heteroatoms. The molecule has 0 saturated heterocycles. The van der Waals surface area contributed by atoms with Crippen LogP contribution in [0.5, 0.6) is 0 Å². The number of hydrogen-bond donors (Lipinski definition) is 1. The van der Waals surface area contributed by atoms with Crippen LogP contribution in [0, 0.1) is 38.7 Å². The molecule has 0 aromatic heterocycles. The number of rotatable bonds is 10. The molecule has 4 aliphatic rings. The zero-order valence-corrected chi connectivity index (χ0v) is 25.7.